The third kappa shape index (κ3) is 1.50. The first-order chi connectivity index (χ1) is 6.61. The average Bonchev–Trinajstić information content (AvgIpc) is 2.83. The Labute approximate surface area is 87.5 Å². The Hall–Kier alpha value is -1.02. The Bertz CT molecular complexity index is 367. The lowest BCUT2D eigenvalue weighted by Crippen LogP contribution is -2.00. The first kappa shape index (κ1) is 9.53. The molecule has 1 aliphatic carbocycles. The molecule has 0 bridgehead atoms. The molecule has 14 heavy (non-hydrogen) atoms. The molecule has 0 amide bonds. The molecule has 1 aromatic carbocycles. The third-order valence-corrected chi connectivity index (χ3v) is 3.08. The number of benzene rings is 1. The van der Waals surface area contributed by atoms with Gasteiger partial charge in [0.2, 0.25) is 0 Å². The average molecular weight is 211 g/mol. The van der Waals surface area contributed by atoms with Crippen molar-refractivity contribution < 1.29 is 9.90 Å². The van der Waals surface area contributed by atoms with Gasteiger partial charge in [0.1, 0.15) is 0 Å². The molecule has 1 aromatic rings. The zero-order valence-corrected chi connectivity index (χ0v) is 8.58. The van der Waals surface area contributed by atoms with Gasteiger partial charge in [0, 0.05) is 5.02 Å². The van der Waals surface area contributed by atoms with Crippen molar-refractivity contribution in [1.82, 2.24) is 0 Å². The minimum Gasteiger partial charge on any atom is -0.481 e. The van der Waals surface area contributed by atoms with Gasteiger partial charge in [-0.2, -0.15) is 0 Å². The normalized spacial score (nSPS) is 24.7. The number of halogens is 1. The number of hydrogen-bond acceptors (Lipinski definition) is 1. The molecule has 0 aromatic heterocycles. The van der Waals surface area contributed by atoms with Crippen LogP contribution in [0, 0.1) is 12.8 Å². The molecule has 2 rings (SSSR count). The highest BCUT2D eigenvalue weighted by Crippen LogP contribution is 2.50. The predicted octanol–water partition coefficient (Wildman–Crippen LogP) is 2.84. The Morgan fingerprint density at radius 1 is 1.57 bits per heavy atom. The van der Waals surface area contributed by atoms with E-state index >= 15 is 0 Å². The second kappa shape index (κ2) is 3.28. The van der Waals surface area contributed by atoms with Crippen molar-refractivity contribution in [3.63, 3.8) is 0 Å². The number of rotatable bonds is 2. The second-order valence-corrected chi connectivity index (χ2v) is 4.16. The van der Waals surface area contributed by atoms with E-state index in [0.717, 1.165) is 17.5 Å². The summed E-state index contributed by atoms with van der Waals surface area (Å²) in [5, 5.41) is 9.52. The number of carboxylic acids is 1. The van der Waals surface area contributed by atoms with Crippen LogP contribution in [0.25, 0.3) is 0 Å². The molecule has 0 radical (unpaired) electrons. The van der Waals surface area contributed by atoms with Gasteiger partial charge in [-0.25, -0.2) is 0 Å². The summed E-state index contributed by atoms with van der Waals surface area (Å²) in [6.45, 7) is 1.97. The molecule has 0 unspecified atom stereocenters. The van der Waals surface area contributed by atoms with Crippen LogP contribution < -0.4 is 0 Å². The van der Waals surface area contributed by atoms with E-state index in [1.807, 2.05) is 25.1 Å². The van der Waals surface area contributed by atoms with E-state index in [4.69, 9.17) is 16.7 Å². The Morgan fingerprint density at radius 2 is 2.29 bits per heavy atom. The van der Waals surface area contributed by atoms with E-state index in [2.05, 4.69) is 0 Å². The summed E-state index contributed by atoms with van der Waals surface area (Å²) in [4.78, 5) is 10.7. The van der Waals surface area contributed by atoms with Crippen LogP contribution in [0.15, 0.2) is 18.2 Å². The Kier molecular flexibility index (Phi) is 2.23. The van der Waals surface area contributed by atoms with Gasteiger partial charge in [-0.3, -0.25) is 4.79 Å². The van der Waals surface area contributed by atoms with Crippen molar-refractivity contribution in [2.24, 2.45) is 5.92 Å². The molecule has 0 heterocycles. The van der Waals surface area contributed by atoms with Gasteiger partial charge in [-0.15, -0.1) is 0 Å². The highest BCUT2D eigenvalue weighted by molar-refractivity contribution is 6.31. The summed E-state index contributed by atoms with van der Waals surface area (Å²) < 4.78 is 0. The van der Waals surface area contributed by atoms with Crippen molar-refractivity contribution in [3.8, 4) is 0 Å². The summed E-state index contributed by atoms with van der Waals surface area (Å²) in [6, 6.07) is 5.68. The number of aryl methyl sites for hydroxylation is 1. The molecule has 1 fully saturated rings. The van der Waals surface area contributed by atoms with E-state index in [0.29, 0.717) is 5.02 Å². The topological polar surface area (TPSA) is 37.3 Å². The maximum Gasteiger partial charge on any atom is 0.307 e. The Morgan fingerprint density at radius 3 is 2.79 bits per heavy atom. The van der Waals surface area contributed by atoms with E-state index in [9.17, 15) is 4.79 Å². The first-order valence-electron chi connectivity index (χ1n) is 4.59. The van der Waals surface area contributed by atoms with E-state index in [1.165, 1.54) is 0 Å². The van der Waals surface area contributed by atoms with Gasteiger partial charge >= 0.3 is 5.97 Å². The van der Waals surface area contributed by atoms with Crippen LogP contribution in [0.5, 0.6) is 0 Å². The predicted molar refractivity (Wildman–Crippen MR) is 54.7 cm³/mol. The van der Waals surface area contributed by atoms with Crippen molar-refractivity contribution >= 4 is 17.6 Å². The third-order valence-electron chi connectivity index (χ3n) is 2.75. The maximum atomic E-state index is 10.7. The zero-order valence-electron chi connectivity index (χ0n) is 7.83. The molecule has 1 aliphatic rings. The molecule has 74 valence electrons. The van der Waals surface area contributed by atoms with Crippen molar-refractivity contribution in [3.05, 3.63) is 34.3 Å². The number of carboxylic acid groups (broad SMARTS) is 1. The molecule has 1 N–H and O–H groups in total. The lowest BCUT2D eigenvalue weighted by Gasteiger charge is -2.06. The molecule has 0 spiro atoms. The molecule has 0 saturated heterocycles. The minimum absolute atomic E-state index is 0.126. The van der Waals surface area contributed by atoms with E-state index in [1.54, 1.807) is 0 Å². The van der Waals surface area contributed by atoms with Crippen LogP contribution in [0.1, 0.15) is 23.5 Å². The van der Waals surface area contributed by atoms with E-state index < -0.39 is 5.97 Å². The lowest BCUT2D eigenvalue weighted by molar-refractivity contribution is -0.138. The largest absolute Gasteiger partial charge is 0.481 e. The molecule has 2 nitrogen and oxygen atoms in total. The fourth-order valence-corrected chi connectivity index (χ4v) is 2.26. The minimum atomic E-state index is -0.714. The highest BCUT2D eigenvalue weighted by Gasteiger charge is 2.45. The molecule has 1 saturated carbocycles. The van der Waals surface area contributed by atoms with Gasteiger partial charge < -0.3 is 5.11 Å². The Balaban J connectivity index is 2.31. The van der Waals surface area contributed by atoms with Gasteiger partial charge in [0.15, 0.2) is 0 Å². The molecular weight excluding hydrogens is 200 g/mol. The monoisotopic (exact) mass is 210 g/mol. The van der Waals surface area contributed by atoms with Crippen LogP contribution in [0.3, 0.4) is 0 Å². The van der Waals surface area contributed by atoms with Crippen LogP contribution >= 0.6 is 11.6 Å². The maximum absolute atomic E-state index is 10.7. The van der Waals surface area contributed by atoms with Crippen molar-refractivity contribution in [2.45, 2.75) is 19.3 Å². The zero-order chi connectivity index (χ0) is 10.3. The lowest BCUT2D eigenvalue weighted by atomic mass is 10.0. The molecular formula is C11H11ClO2. The standard InChI is InChI=1S/C11H11ClO2/c1-6-3-2-4-9(12)10(6)7-5-8(7)11(13)14/h2-4,7-8H,5H2,1H3,(H,13,14)/t7-,8-/m1/s1. The van der Waals surface area contributed by atoms with Crippen LogP contribution in [-0.4, -0.2) is 11.1 Å². The first-order valence-corrected chi connectivity index (χ1v) is 4.97. The summed E-state index contributed by atoms with van der Waals surface area (Å²) in [5.74, 6) is -0.816. The number of carbonyl (C=O) groups is 1. The summed E-state index contributed by atoms with van der Waals surface area (Å²) in [6.07, 6.45) is 0.722. The number of aliphatic carboxylic acids is 1. The summed E-state index contributed by atoms with van der Waals surface area (Å²) >= 11 is 6.04. The van der Waals surface area contributed by atoms with Crippen LogP contribution in [-0.2, 0) is 4.79 Å². The van der Waals surface area contributed by atoms with Gasteiger partial charge in [0.05, 0.1) is 5.92 Å². The van der Waals surface area contributed by atoms with Crippen molar-refractivity contribution in [1.29, 1.82) is 0 Å². The highest BCUT2D eigenvalue weighted by atomic mass is 35.5. The summed E-state index contributed by atoms with van der Waals surface area (Å²) in [5.41, 5.74) is 2.10. The molecule has 0 aliphatic heterocycles. The SMILES string of the molecule is Cc1cccc(Cl)c1[C@@H]1C[C@H]1C(=O)O. The van der Waals surface area contributed by atoms with Crippen molar-refractivity contribution in [2.75, 3.05) is 0 Å². The number of hydrogen-bond donors (Lipinski definition) is 1. The summed E-state index contributed by atoms with van der Waals surface area (Å²) in [7, 11) is 0. The van der Waals surface area contributed by atoms with Crippen LogP contribution in [0.4, 0.5) is 0 Å². The van der Waals surface area contributed by atoms with Gasteiger partial charge in [-0.1, -0.05) is 23.7 Å². The quantitative estimate of drug-likeness (QED) is 0.815. The smallest absolute Gasteiger partial charge is 0.307 e. The van der Waals surface area contributed by atoms with Crippen LogP contribution in [0.2, 0.25) is 5.02 Å². The fourth-order valence-electron chi connectivity index (χ4n) is 1.90. The second-order valence-electron chi connectivity index (χ2n) is 3.76. The molecule has 3 heteroatoms. The fraction of sp³-hybridized carbons (Fsp3) is 0.364. The van der Waals surface area contributed by atoms with Gasteiger partial charge in [-0.05, 0) is 36.5 Å². The van der Waals surface area contributed by atoms with Gasteiger partial charge in [0.25, 0.3) is 0 Å². The van der Waals surface area contributed by atoms with E-state index in [-0.39, 0.29) is 11.8 Å². The molecule has 2 atom stereocenters.